The van der Waals surface area contributed by atoms with E-state index in [2.05, 4.69) is 14.9 Å². The number of amides is 1. The lowest BCUT2D eigenvalue weighted by molar-refractivity contribution is -0.150. The number of carbonyl (C=O) groups is 1. The molecule has 6 nitrogen and oxygen atoms in total. The van der Waals surface area contributed by atoms with Crippen molar-refractivity contribution in [1.29, 1.82) is 0 Å². The summed E-state index contributed by atoms with van der Waals surface area (Å²) in [5, 5.41) is 0. The van der Waals surface area contributed by atoms with E-state index in [0.717, 1.165) is 13.1 Å². The third kappa shape index (κ3) is 1.74. The molecule has 6 heteroatoms. The number of aromatic nitrogens is 2. The summed E-state index contributed by atoms with van der Waals surface area (Å²) in [6, 6.07) is 1.90. The molecule has 2 unspecified atom stereocenters. The van der Waals surface area contributed by atoms with Crippen LogP contribution in [0, 0.1) is 0 Å². The van der Waals surface area contributed by atoms with Crippen LogP contribution in [0.5, 0.6) is 0 Å². The van der Waals surface area contributed by atoms with E-state index in [-0.39, 0.29) is 24.7 Å². The Labute approximate surface area is 99.2 Å². The second-order valence-corrected chi connectivity index (χ2v) is 4.38. The van der Waals surface area contributed by atoms with Crippen molar-refractivity contribution in [2.45, 2.75) is 12.1 Å². The average Bonchev–Trinajstić information content (AvgIpc) is 2.80. The minimum atomic E-state index is 0.0436. The molecule has 2 fully saturated rings. The van der Waals surface area contributed by atoms with Crippen LogP contribution in [-0.4, -0.2) is 59.7 Å². The van der Waals surface area contributed by atoms with Crippen LogP contribution in [0.2, 0.25) is 0 Å². The summed E-state index contributed by atoms with van der Waals surface area (Å²) in [5.41, 5.74) is 0. The van der Waals surface area contributed by atoms with E-state index >= 15 is 0 Å². The van der Waals surface area contributed by atoms with Crippen LogP contribution in [0.15, 0.2) is 18.5 Å². The molecule has 2 aliphatic heterocycles. The molecule has 0 bridgehead atoms. The zero-order valence-electron chi connectivity index (χ0n) is 9.61. The highest BCUT2D eigenvalue weighted by Gasteiger charge is 2.42. The quantitative estimate of drug-likeness (QED) is 0.657. The molecule has 1 amide bonds. The first-order valence-corrected chi connectivity index (χ1v) is 5.65. The Morgan fingerprint density at radius 1 is 1.35 bits per heavy atom. The maximum Gasteiger partial charge on any atom is 0.248 e. The summed E-state index contributed by atoms with van der Waals surface area (Å²) in [7, 11) is 1.83. The number of likely N-dealkylation sites (N-methyl/N-ethyl adjacent to an activating group) is 1. The number of carbonyl (C=O) groups excluding carboxylic acids is 1. The van der Waals surface area contributed by atoms with Gasteiger partial charge < -0.3 is 14.5 Å². The lowest BCUT2D eigenvalue weighted by Crippen LogP contribution is -2.51. The molecule has 0 spiro atoms. The fourth-order valence-corrected chi connectivity index (χ4v) is 2.38. The first kappa shape index (κ1) is 10.5. The first-order valence-electron chi connectivity index (χ1n) is 5.65. The van der Waals surface area contributed by atoms with Crippen molar-refractivity contribution < 1.29 is 9.53 Å². The Kier molecular flexibility index (Phi) is 2.44. The highest BCUT2D eigenvalue weighted by Crippen LogP contribution is 2.24. The van der Waals surface area contributed by atoms with Crippen molar-refractivity contribution in [1.82, 2.24) is 14.9 Å². The van der Waals surface area contributed by atoms with Gasteiger partial charge in [0.2, 0.25) is 11.9 Å². The van der Waals surface area contributed by atoms with Gasteiger partial charge >= 0.3 is 0 Å². The van der Waals surface area contributed by atoms with Gasteiger partial charge in [0.1, 0.15) is 6.61 Å². The summed E-state index contributed by atoms with van der Waals surface area (Å²) >= 11 is 0. The van der Waals surface area contributed by atoms with Crippen LogP contribution < -0.4 is 4.90 Å². The van der Waals surface area contributed by atoms with Crippen LogP contribution in [-0.2, 0) is 9.53 Å². The average molecular weight is 234 g/mol. The summed E-state index contributed by atoms with van der Waals surface area (Å²) in [6.45, 7) is 1.66. The third-order valence-corrected chi connectivity index (χ3v) is 3.38. The molecule has 0 aromatic carbocycles. The van der Waals surface area contributed by atoms with Gasteiger partial charge in [-0.1, -0.05) is 0 Å². The molecule has 1 aromatic rings. The van der Waals surface area contributed by atoms with Gasteiger partial charge in [-0.15, -0.1) is 0 Å². The van der Waals surface area contributed by atoms with E-state index < -0.39 is 0 Å². The Bertz CT molecular complexity index is 425. The summed E-state index contributed by atoms with van der Waals surface area (Å²) in [4.78, 5) is 23.8. The topological polar surface area (TPSA) is 58.6 Å². The number of nitrogens with zero attached hydrogens (tertiary/aromatic N) is 4. The SMILES string of the molecule is CN1C(=O)COC2CN(c3ncccn3)CC21. The number of ether oxygens (including phenoxy) is 1. The molecular formula is C11H14N4O2. The van der Waals surface area contributed by atoms with Crippen LogP contribution in [0.25, 0.3) is 0 Å². The van der Waals surface area contributed by atoms with E-state index in [1.165, 1.54) is 0 Å². The molecule has 3 heterocycles. The first-order chi connectivity index (χ1) is 8.25. The predicted molar refractivity (Wildman–Crippen MR) is 60.5 cm³/mol. The molecular weight excluding hydrogens is 220 g/mol. The van der Waals surface area contributed by atoms with Gasteiger partial charge in [0, 0.05) is 32.5 Å². The van der Waals surface area contributed by atoms with Crippen LogP contribution >= 0.6 is 0 Å². The van der Waals surface area contributed by atoms with Crippen molar-refractivity contribution in [3.63, 3.8) is 0 Å². The number of hydrogen-bond acceptors (Lipinski definition) is 5. The number of fused-ring (bicyclic) bond motifs is 1. The van der Waals surface area contributed by atoms with E-state index in [1.54, 1.807) is 23.4 Å². The Balaban J connectivity index is 1.79. The summed E-state index contributed by atoms with van der Waals surface area (Å²) in [6.07, 6.45) is 3.52. The molecule has 17 heavy (non-hydrogen) atoms. The van der Waals surface area contributed by atoms with Gasteiger partial charge in [-0.3, -0.25) is 4.79 Å². The molecule has 2 aliphatic rings. The molecule has 2 atom stereocenters. The number of morpholine rings is 1. The van der Waals surface area contributed by atoms with Crippen LogP contribution in [0.3, 0.4) is 0 Å². The van der Waals surface area contributed by atoms with Crippen LogP contribution in [0.1, 0.15) is 0 Å². The second kappa shape index (κ2) is 3.96. The highest BCUT2D eigenvalue weighted by molar-refractivity contribution is 5.78. The van der Waals surface area contributed by atoms with E-state index in [0.29, 0.717) is 5.95 Å². The van der Waals surface area contributed by atoms with Crippen LogP contribution in [0.4, 0.5) is 5.95 Å². The predicted octanol–water partition coefficient (Wildman–Crippen LogP) is -0.478. The molecule has 2 saturated heterocycles. The molecule has 0 aliphatic carbocycles. The summed E-state index contributed by atoms with van der Waals surface area (Å²) < 4.78 is 5.55. The Morgan fingerprint density at radius 3 is 2.88 bits per heavy atom. The maximum atomic E-state index is 11.5. The second-order valence-electron chi connectivity index (χ2n) is 4.38. The maximum absolute atomic E-state index is 11.5. The Morgan fingerprint density at radius 2 is 2.12 bits per heavy atom. The lowest BCUT2D eigenvalue weighted by Gasteiger charge is -2.33. The number of hydrogen-bond donors (Lipinski definition) is 0. The third-order valence-electron chi connectivity index (χ3n) is 3.38. The zero-order chi connectivity index (χ0) is 11.8. The molecule has 90 valence electrons. The number of anilines is 1. The monoisotopic (exact) mass is 234 g/mol. The van der Waals surface area contributed by atoms with Crippen molar-refractivity contribution in [2.24, 2.45) is 0 Å². The molecule has 0 N–H and O–H groups in total. The standard InChI is InChI=1S/C11H14N4O2/c1-14-8-5-15(11-12-3-2-4-13-11)6-9(8)17-7-10(14)16/h2-4,8-9H,5-7H2,1H3. The van der Waals surface area contributed by atoms with Crippen molar-refractivity contribution in [2.75, 3.05) is 31.6 Å². The summed E-state index contributed by atoms with van der Waals surface area (Å²) in [5.74, 6) is 0.744. The van der Waals surface area contributed by atoms with Crippen molar-refractivity contribution >= 4 is 11.9 Å². The fraction of sp³-hybridized carbons (Fsp3) is 0.545. The van der Waals surface area contributed by atoms with Crippen molar-refractivity contribution in [3.05, 3.63) is 18.5 Å². The normalized spacial score (nSPS) is 28.4. The van der Waals surface area contributed by atoms with Gasteiger partial charge in [0.05, 0.1) is 12.1 Å². The Hall–Kier alpha value is -1.69. The fourth-order valence-electron chi connectivity index (χ4n) is 2.38. The molecule has 1 aromatic heterocycles. The molecule has 0 radical (unpaired) electrons. The van der Waals surface area contributed by atoms with E-state index in [1.807, 2.05) is 7.05 Å². The number of rotatable bonds is 1. The van der Waals surface area contributed by atoms with Gasteiger partial charge in [0.25, 0.3) is 0 Å². The zero-order valence-corrected chi connectivity index (χ0v) is 9.61. The van der Waals surface area contributed by atoms with E-state index in [4.69, 9.17) is 4.74 Å². The van der Waals surface area contributed by atoms with Gasteiger partial charge in [-0.05, 0) is 6.07 Å². The van der Waals surface area contributed by atoms with Gasteiger partial charge in [-0.25, -0.2) is 9.97 Å². The van der Waals surface area contributed by atoms with Gasteiger partial charge in [0.15, 0.2) is 0 Å². The molecule has 3 rings (SSSR count). The minimum absolute atomic E-state index is 0.0436. The molecule has 0 saturated carbocycles. The highest BCUT2D eigenvalue weighted by atomic mass is 16.5. The largest absolute Gasteiger partial charge is 0.364 e. The van der Waals surface area contributed by atoms with E-state index in [9.17, 15) is 4.79 Å². The van der Waals surface area contributed by atoms with Gasteiger partial charge in [-0.2, -0.15) is 0 Å². The van der Waals surface area contributed by atoms with Crippen molar-refractivity contribution in [3.8, 4) is 0 Å². The minimum Gasteiger partial charge on any atom is -0.364 e. The smallest absolute Gasteiger partial charge is 0.248 e. The lowest BCUT2D eigenvalue weighted by atomic mass is 10.1.